The van der Waals surface area contributed by atoms with Crippen LogP contribution in [0.1, 0.15) is 45.7 Å². The van der Waals surface area contributed by atoms with E-state index in [0.717, 1.165) is 18.4 Å². The number of halogens is 1. The highest BCUT2D eigenvalue weighted by molar-refractivity contribution is 9.09. The number of rotatable bonds is 5. The van der Waals surface area contributed by atoms with Gasteiger partial charge in [0.1, 0.15) is 0 Å². The first-order chi connectivity index (χ1) is 8.34. The van der Waals surface area contributed by atoms with Crippen LogP contribution >= 0.6 is 15.9 Å². The Balaban J connectivity index is 2.73. The van der Waals surface area contributed by atoms with E-state index in [2.05, 4.69) is 79.7 Å². The van der Waals surface area contributed by atoms with Crippen molar-refractivity contribution in [2.75, 3.05) is 11.9 Å². The minimum atomic E-state index is 0.242. The summed E-state index contributed by atoms with van der Waals surface area (Å²) in [4.78, 5) is 2.49. The van der Waals surface area contributed by atoms with Crippen LogP contribution in [-0.4, -0.2) is 22.8 Å². The Kier molecular flexibility index (Phi) is 5.87. The predicted octanol–water partition coefficient (Wildman–Crippen LogP) is 4.59. The summed E-state index contributed by atoms with van der Waals surface area (Å²) >= 11 is 3.53. The highest BCUT2D eigenvalue weighted by Crippen LogP contribution is 2.22. The van der Waals surface area contributed by atoms with Gasteiger partial charge >= 0.3 is 0 Å². The van der Waals surface area contributed by atoms with Gasteiger partial charge in [0.15, 0.2) is 0 Å². The molecular weight excluding hydrogens is 286 g/mol. The van der Waals surface area contributed by atoms with Crippen LogP contribution in [0.4, 0.5) is 0 Å². The maximum absolute atomic E-state index is 3.53. The van der Waals surface area contributed by atoms with Crippen molar-refractivity contribution in [3.05, 3.63) is 35.4 Å². The number of alkyl halides is 1. The van der Waals surface area contributed by atoms with Gasteiger partial charge in [-0.05, 0) is 30.4 Å². The topological polar surface area (TPSA) is 3.24 Å². The molecule has 0 amide bonds. The molecule has 1 aromatic rings. The van der Waals surface area contributed by atoms with Crippen LogP contribution in [0.25, 0.3) is 0 Å². The number of nitrogens with zero attached hydrogens (tertiary/aromatic N) is 1. The molecule has 1 rings (SSSR count). The standard InChI is InChI=1S/C16H26BrN/c1-13(2)18(11-10-17)12-14-6-8-15(9-7-14)16(3,4)5/h6-9,13H,10-12H2,1-5H3. The molecule has 0 heterocycles. The largest absolute Gasteiger partial charge is 0.296 e. The number of hydrogen-bond acceptors (Lipinski definition) is 1. The van der Waals surface area contributed by atoms with E-state index < -0.39 is 0 Å². The van der Waals surface area contributed by atoms with Crippen LogP contribution in [0.15, 0.2) is 24.3 Å². The van der Waals surface area contributed by atoms with E-state index in [0.29, 0.717) is 6.04 Å². The molecule has 0 spiro atoms. The molecule has 2 heteroatoms. The van der Waals surface area contributed by atoms with Crippen LogP contribution in [-0.2, 0) is 12.0 Å². The smallest absolute Gasteiger partial charge is 0.0236 e. The summed E-state index contributed by atoms with van der Waals surface area (Å²) in [6, 6.07) is 9.66. The van der Waals surface area contributed by atoms with Gasteiger partial charge in [0.05, 0.1) is 0 Å². The lowest BCUT2D eigenvalue weighted by molar-refractivity contribution is 0.227. The molecule has 102 valence electrons. The van der Waals surface area contributed by atoms with Gasteiger partial charge in [-0.3, -0.25) is 4.90 Å². The highest BCUT2D eigenvalue weighted by Gasteiger charge is 2.14. The van der Waals surface area contributed by atoms with Crippen LogP contribution < -0.4 is 0 Å². The van der Waals surface area contributed by atoms with Crippen molar-refractivity contribution in [2.45, 2.75) is 52.6 Å². The quantitative estimate of drug-likeness (QED) is 0.719. The zero-order valence-corrected chi connectivity index (χ0v) is 13.9. The maximum atomic E-state index is 3.53. The number of hydrogen-bond donors (Lipinski definition) is 0. The Morgan fingerprint density at radius 2 is 1.67 bits per heavy atom. The van der Waals surface area contributed by atoms with Crippen molar-refractivity contribution in [1.82, 2.24) is 4.90 Å². The Bertz CT molecular complexity index is 348. The molecule has 0 saturated heterocycles. The molecule has 0 atom stereocenters. The van der Waals surface area contributed by atoms with E-state index in [1.807, 2.05) is 0 Å². The van der Waals surface area contributed by atoms with Gasteiger partial charge in [-0.25, -0.2) is 0 Å². The van der Waals surface area contributed by atoms with E-state index in [9.17, 15) is 0 Å². The highest BCUT2D eigenvalue weighted by atomic mass is 79.9. The lowest BCUT2D eigenvalue weighted by atomic mass is 9.87. The van der Waals surface area contributed by atoms with Crippen LogP contribution in [0.3, 0.4) is 0 Å². The fourth-order valence-electron chi connectivity index (χ4n) is 1.97. The first-order valence-electron chi connectivity index (χ1n) is 6.74. The summed E-state index contributed by atoms with van der Waals surface area (Å²) in [6.45, 7) is 13.4. The van der Waals surface area contributed by atoms with Gasteiger partial charge in [-0.2, -0.15) is 0 Å². The Hall–Kier alpha value is -0.340. The van der Waals surface area contributed by atoms with Gasteiger partial charge in [-0.1, -0.05) is 61.0 Å². The van der Waals surface area contributed by atoms with E-state index in [1.165, 1.54) is 11.1 Å². The molecule has 0 aliphatic heterocycles. The lowest BCUT2D eigenvalue weighted by Gasteiger charge is -2.26. The van der Waals surface area contributed by atoms with Gasteiger partial charge < -0.3 is 0 Å². The molecule has 0 radical (unpaired) electrons. The third kappa shape index (κ3) is 4.74. The molecule has 0 N–H and O–H groups in total. The monoisotopic (exact) mass is 311 g/mol. The molecule has 0 aliphatic carbocycles. The maximum Gasteiger partial charge on any atom is 0.0236 e. The molecule has 0 unspecified atom stereocenters. The molecule has 0 fully saturated rings. The zero-order valence-electron chi connectivity index (χ0n) is 12.3. The summed E-state index contributed by atoms with van der Waals surface area (Å²) in [5, 5.41) is 1.03. The fourth-order valence-corrected chi connectivity index (χ4v) is 2.43. The normalized spacial score (nSPS) is 12.4. The third-order valence-electron chi connectivity index (χ3n) is 3.31. The van der Waals surface area contributed by atoms with Crippen molar-refractivity contribution in [3.63, 3.8) is 0 Å². The molecular formula is C16H26BrN. The summed E-state index contributed by atoms with van der Waals surface area (Å²) in [5.41, 5.74) is 3.05. The minimum Gasteiger partial charge on any atom is -0.296 e. The molecule has 1 aromatic carbocycles. The van der Waals surface area contributed by atoms with Gasteiger partial charge in [0.25, 0.3) is 0 Å². The average Bonchev–Trinajstić information content (AvgIpc) is 2.28. The lowest BCUT2D eigenvalue weighted by Crippen LogP contribution is -2.32. The van der Waals surface area contributed by atoms with Crippen LogP contribution in [0.2, 0.25) is 0 Å². The van der Waals surface area contributed by atoms with Crippen molar-refractivity contribution < 1.29 is 0 Å². The van der Waals surface area contributed by atoms with Gasteiger partial charge in [-0.15, -0.1) is 0 Å². The Morgan fingerprint density at radius 1 is 1.11 bits per heavy atom. The molecule has 1 nitrogen and oxygen atoms in total. The predicted molar refractivity (Wildman–Crippen MR) is 84.5 cm³/mol. The minimum absolute atomic E-state index is 0.242. The van der Waals surface area contributed by atoms with E-state index >= 15 is 0 Å². The van der Waals surface area contributed by atoms with Crippen molar-refractivity contribution in [1.29, 1.82) is 0 Å². The van der Waals surface area contributed by atoms with E-state index in [1.54, 1.807) is 0 Å². The Morgan fingerprint density at radius 3 is 2.06 bits per heavy atom. The molecule has 0 saturated carbocycles. The summed E-state index contributed by atoms with van der Waals surface area (Å²) in [6.07, 6.45) is 0. The first-order valence-corrected chi connectivity index (χ1v) is 7.86. The second-order valence-corrected chi connectivity index (χ2v) is 6.99. The molecule has 0 aromatic heterocycles. The Labute approximate surface area is 121 Å². The van der Waals surface area contributed by atoms with Crippen molar-refractivity contribution >= 4 is 15.9 Å². The van der Waals surface area contributed by atoms with E-state index in [4.69, 9.17) is 0 Å². The SMILES string of the molecule is CC(C)N(CCBr)Cc1ccc(C(C)(C)C)cc1. The average molecular weight is 312 g/mol. The van der Waals surface area contributed by atoms with E-state index in [-0.39, 0.29) is 5.41 Å². The first kappa shape index (κ1) is 15.7. The van der Waals surface area contributed by atoms with Crippen LogP contribution in [0.5, 0.6) is 0 Å². The number of benzene rings is 1. The summed E-state index contributed by atoms with van der Waals surface area (Å²) in [5.74, 6) is 0. The van der Waals surface area contributed by atoms with Gasteiger partial charge in [0, 0.05) is 24.5 Å². The second-order valence-electron chi connectivity index (χ2n) is 6.20. The zero-order chi connectivity index (χ0) is 13.8. The summed E-state index contributed by atoms with van der Waals surface area (Å²) in [7, 11) is 0. The molecule has 0 bridgehead atoms. The summed E-state index contributed by atoms with van der Waals surface area (Å²) < 4.78 is 0. The molecule has 0 aliphatic rings. The van der Waals surface area contributed by atoms with Crippen LogP contribution in [0, 0.1) is 0 Å². The third-order valence-corrected chi connectivity index (χ3v) is 3.66. The van der Waals surface area contributed by atoms with Crippen molar-refractivity contribution in [3.8, 4) is 0 Å². The molecule has 18 heavy (non-hydrogen) atoms. The fraction of sp³-hybridized carbons (Fsp3) is 0.625. The van der Waals surface area contributed by atoms with Crippen molar-refractivity contribution in [2.24, 2.45) is 0 Å². The second kappa shape index (κ2) is 6.72. The van der Waals surface area contributed by atoms with Gasteiger partial charge in [0.2, 0.25) is 0 Å².